The maximum atomic E-state index is 12.0. The minimum Gasteiger partial charge on any atom is -0.282 e. The van der Waals surface area contributed by atoms with Gasteiger partial charge >= 0.3 is 0 Å². The van der Waals surface area contributed by atoms with Gasteiger partial charge in [0, 0.05) is 15.5 Å². The summed E-state index contributed by atoms with van der Waals surface area (Å²) in [6.07, 6.45) is 1.78. The van der Waals surface area contributed by atoms with Gasteiger partial charge in [-0.05, 0) is 75.5 Å². The quantitative estimate of drug-likeness (QED) is 0.631. The first kappa shape index (κ1) is 12.6. The third-order valence-corrected chi connectivity index (χ3v) is 3.58. The molecule has 0 amide bonds. The average molecular weight is 448 g/mol. The summed E-state index contributed by atoms with van der Waals surface area (Å²) in [6.45, 7) is 0. The van der Waals surface area contributed by atoms with Gasteiger partial charge in [0.2, 0.25) is 0 Å². The lowest BCUT2D eigenvalue weighted by Gasteiger charge is -2.07. The minimum absolute atomic E-state index is 0.0456. The molecule has 0 spiro atoms. The van der Waals surface area contributed by atoms with E-state index in [1.165, 1.54) is 0 Å². The van der Waals surface area contributed by atoms with E-state index in [1.54, 1.807) is 35.0 Å². The monoisotopic (exact) mass is 448 g/mol. The van der Waals surface area contributed by atoms with Crippen molar-refractivity contribution in [3.05, 3.63) is 59.6 Å². The van der Waals surface area contributed by atoms with Crippen molar-refractivity contribution in [1.82, 2.24) is 4.57 Å². The van der Waals surface area contributed by atoms with Crippen LogP contribution in [0.25, 0.3) is 5.69 Å². The van der Waals surface area contributed by atoms with E-state index in [1.807, 2.05) is 28.7 Å². The molecule has 0 radical (unpaired) electrons. The van der Waals surface area contributed by atoms with Gasteiger partial charge in [0.15, 0.2) is 0 Å². The Hall–Kier alpha value is -0.880. The Labute approximate surface area is 125 Å². The lowest BCUT2D eigenvalue weighted by Crippen LogP contribution is -2.20. The smallest absolute Gasteiger partial charge is 0.268 e. The number of nitriles is 1. The minimum atomic E-state index is -0.0456. The number of hydrogen-bond donors (Lipinski definition) is 0. The van der Waals surface area contributed by atoms with Crippen LogP contribution in [0.3, 0.4) is 0 Å². The van der Waals surface area contributed by atoms with Crippen LogP contribution >= 0.6 is 45.2 Å². The first-order chi connectivity index (χ1) is 8.11. The number of rotatable bonds is 1. The summed E-state index contributed by atoms with van der Waals surface area (Å²) in [5.41, 5.74) is 1.31. The molecule has 3 nitrogen and oxygen atoms in total. The largest absolute Gasteiger partial charge is 0.282 e. The Kier molecular flexibility index (Phi) is 3.83. The Balaban J connectivity index is 2.61. The second kappa shape index (κ2) is 5.18. The molecule has 0 N–H and O–H groups in total. The fourth-order valence-corrected chi connectivity index (χ4v) is 3.19. The first-order valence-electron chi connectivity index (χ1n) is 4.70. The summed E-state index contributed by atoms with van der Waals surface area (Å²) in [5, 5.41) is 8.72. The lowest BCUT2D eigenvalue weighted by molar-refractivity contribution is 0.971. The van der Waals surface area contributed by atoms with Crippen molar-refractivity contribution in [2.75, 3.05) is 0 Å². The third kappa shape index (κ3) is 2.69. The highest BCUT2D eigenvalue weighted by Crippen LogP contribution is 2.12. The van der Waals surface area contributed by atoms with Gasteiger partial charge in [0.25, 0.3) is 5.56 Å². The van der Waals surface area contributed by atoms with Crippen LogP contribution < -0.4 is 5.56 Å². The molecule has 0 atom stereocenters. The van der Waals surface area contributed by atoms with E-state index >= 15 is 0 Å². The molecule has 1 heterocycles. The van der Waals surface area contributed by atoms with Gasteiger partial charge < -0.3 is 0 Å². The molecule has 1 aromatic carbocycles. The highest BCUT2D eigenvalue weighted by Gasteiger charge is 2.05. The Morgan fingerprint density at radius 1 is 1.18 bits per heavy atom. The molecule has 2 rings (SSSR count). The van der Waals surface area contributed by atoms with E-state index < -0.39 is 0 Å². The fourth-order valence-electron chi connectivity index (χ4n) is 1.41. The fraction of sp³-hybridized carbons (Fsp3) is 0. The van der Waals surface area contributed by atoms with Gasteiger partial charge in [-0.25, -0.2) is 0 Å². The SMILES string of the molecule is N#Cc1ccc(-n2cc(I)cc(I)c2=O)cc1. The molecule has 0 fully saturated rings. The third-order valence-electron chi connectivity index (χ3n) is 2.21. The number of nitrogens with zero attached hydrogens (tertiary/aromatic N) is 2. The number of halogens is 2. The maximum absolute atomic E-state index is 12.0. The normalized spacial score (nSPS) is 9.94. The van der Waals surface area contributed by atoms with E-state index in [0.717, 1.165) is 9.26 Å². The Bertz CT molecular complexity index is 654. The van der Waals surface area contributed by atoms with Crippen LogP contribution in [0.15, 0.2) is 41.3 Å². The predicted octanol–water partition coefficient (Wildman–Crippen LogP) is 2.92. The summed E-state index contributed by atoms with van der Waals surface area (Å²) in [6, 6.07) is 10.8. The summed E-state index contributed by atoms with van der Waals surface area (Å²) >= 11 is 4.20. The average Bonchev–Trinajstić information content (AvgIpc) is 2.34. The van der Waals surface area contributed by atoms with Crippen molar-refractivity contribution in [3.8, 4) is 11.8 Å². The van der Waals surface area contributed by atoms with Gasteiger partial charge in [-0.15, -0.1) is 0 Å². The number of hydrogen-bond acceptors (Lipinski definition) is 2. The molecular formula is C12H6I2N2O. The number of aromatic nitrogens is 1. The molecule has 2 aromatic rings. The van der Waals surface area contributed by atoms with Crippen LogP contribution in [0.2, 0.25) is 0 Å². The summed E-state index contributed by atoms with van der Waals surface area (Å²) in [7, 11) is 0. The van der Waals surface area contributed by atoms with Crippen molar-refractivity contribution in [2.45, 2.75) is 0 Å². The van der Waals surface area contributed by atoms with E-state index in [9.17, 15) is 4.79 Å². The molecule has 0 unspecified atom stereocenters. The molecule has 0 aliphatic heterocycles. The van der Waals surface area contributed by atoms with Crippen molar-refractivity contribution in [1.29, 1.82) is 5.26 Å². The maximum Gasteiger partial charge on any atom is 0.268 e. The Morgan fingerprint density at radius 3 is 2.41 bits per heavy atom. The number of pyridine rings is 1. The van der Waals surface area contributed by atoms with Gasteiger partial charge in [0.1, 0.15) is 0 Å². The zero-order valence-corrected chi connectivity index (χ0v) is 12.8. The van der Waals surface area contributed by atoms with E-state index in [-0.39, 0.29) is 5.56 Å². The first-order valence-corrected chi connectivity index (χ1v) is 6.86. The van der Waals surface area contributed by atoms with Gasteiger partial charge in [0.05, 0.1) is 15.2 Å². The highest BCUT2D eigenvalue weighted by molar-refractivity contribution is 14.1. The van der Waals surface area contributed by atoms with Crippen LogP contribution in [0.4, 0.5) is 0 Å². The zero-order chi connectivity index (χ0) is 12.4. The van der Waals surface area contributed by atoms with Crippen LogP contribution in [-0.4, -0.2) is 4.57 Å². The lowest BCUT2D eigenvalue weighted by atomic mass is 10.2. The van der Waals surface area contributed by atoms with E-state index in [0.29, 0.717) is 9.13 Å². The van der Waals surface area contributed by atoms with Gasteiger partial charge in [-0.2, -0.15) is 5.26 Å². The van der Waals surface area contributed by atoms with Crippen LogP contribution in [0.5, 0.6) is 0 Å². The molecule has 5 heteroatoms. The van der Waals surface area contributed by atoms with E-state index in [4.69, 9.17) is 5.26 Å². The van der Waals surface area contributed by atoms with Gasteiger partial charge in [-0.1, -0.05) is 0 Å². The van der Waals surface area contributed by atoms with Gasteiger partial charge in [-0.3, -0.25) is 9.36 Å². The second-order valence-electron chi connectivity index (χ2n) is 3.34. The Morgan fingerprint density at radius 2 is 1.82 bits per heavy atom. The summed E-state index contributed by atoms with van der Waals surface area (Å²) < 4.78 is 3.26. The van der Waals surface area contributed by atoms with Crippen LogP contribution in [-0.2, 0) is 0 Å². The molecule has 0 aliphatic carbocycles. The molecule has 17 heavy (non-hydrogen) atoms. The van der Waals surface area contributed by atoms with Crippen molar-refractivity contribution >= 4 is 45.2 Å². The van der Waals surface area contributed by atoms with Crippen LogP contribution in [0.1, 0.15) is 5.56 Å². The zero-order valence-electron chi connectivity index (χ0n) is 8.52. The van der Waals surface area contributed by atoms with E-state index in [2.05, 4.69) is 28.7 Å². The molecule has 0 saturated carbocycles. The number of benzene rings is 1. The van der Waals surface area contributed by atoms with Crippen molar-refractivity contribution in [3.63, 3.8) is 0 Å². The highest BCUT2D eigenvalue weighted by atomic mass is 127. The molecule has 84 valence electrons. The standard InChI is InChI=1S/C12H6I2N2O/c13-9-5-11(14)12(17)16(7-9)10-3-1-8(6-15)2-4-10/h1-5,7H. The predicted molar refractivity (Wildman–Crippen MR) is 82.2 cm³/mol. The molecule has 1 aromatic heterocycles. The molecule has 0 bridgehead atoms. The molecule has 0 aliphatic rings. The topological polar surface area (TPSA) is 45.8 Å². The van der Waals surface area contributed by atoms with Crippen molar-refractivity contribution in [2.24, 2.45) is 0 Å². The second-order valence-corrected chi connectivity index (χ2v) is 5.75. The summed E-state index contributed by atoms with van der Waals surface area (Å²) in [5.74, 6) is 0. The molecule has 0 saturated heterocycles. The van der Waals surface area contributed by atoms with Crippen LogP contribution in [0, 0.1) is 18.5 Å². The summed E-state index contributed by atoms with van der Waals surface area (Å²) in [4.78, 5) is 12.0. The van der Waals surface area contributed by atoms with Crippen molar-refractivity contribution < 1.29 is 0 Å². The molecular weight excluding hydrogens is 442 g/mol.